The highest BCUT2D eigenvalue weighted by atomic mass is 16.5. The van der Waals surface area contributed by atoms with Gasteiger partial charge in [0.15, 0.2) is 0 Å². The first-order valence-electron chi connectivity index (χ1n) is 17.8. The van der Waals surface area contributed by atoms with E-state index in [0.717, 1.165) is 54.2 Å². The number of aryl methyl sites for hydroxylation is 1. The van der Waals surface area contributed by atoms with Gasteiger partial charge in [-0.05, 0) is 103 Å². The van der Waals surface area contributed by atoms with Crippen LogP contribution in [-0.2, 0) is 14.9 Å². The molecule has 1 saturated carbocycles. The monoisotopic (exact) mass is 643 g/mol. The smallest absolute Gasteiger partial charge is 0.325 e. The minimum absolute atomic E-state index is 0.0797. The van der Waals surface area contributed by atoms with Crippen molar-refractivity contribution in [3.05, 3.63) is 76.9 Å². The van der Waals surface area contributed by atoms with Crippen LogP contribution in [-0.4, -0.2) is 54.8 Å². The van der Waals surface area contributed by atoms with Gasteiger partial charge in [0.05, 0.1) is 6.61 Å². The largest absolute Gasteiger partial charge is 0.490 e. The Morgan fingerprint density at radius 2 is 1.62 bits per heavy atom. The zero-order valence-corrected chi connectivity index (χ0v) is 30.0. The molecule has 1 aliphatic carbocycles. The molecular formula is C41H57NO5. The van der Waals surface area contributed by atoms with Gasteiger partial charge in [0.2, 0.25) is 0 Å². The number of rotatable bonds is 16. The first kappa shape index (κ1) is 36.5. The van der Waals surface area contributed by atoms with Crippen LogP contribution in [0.2, 0.25) is 0 Å². The lowest BCUT2D eigenvalue weighted by molar-refractivity contribution is -0.143. The fourth-order valence-corrected chi connectivity index (χ4v) is 8.15. The van der Waals surface area contributed by atoms with Gasteiger partial charge in [-0.1, -0.05) is 83.9 Å². The second kappa shape index (κ2) is 15.7. The molecule has 47 heavy (non-hydrogen) atoms. The predicted octanol–water partition coefficient (Wildman–Crippen LogP) is 8.87. The fourth-order valence-electron chi connectivity index (χ4n) is 8.15. The predicted molar refractivity (Wildman–Crippen MR) is 191 cm³/mol. The molecule has 0 saturated heterocycles. The molecule has 0 spiro atoms. The molecule has 256 valence electrons. The highest BCUT2D eigenvalue weighted by Crippen LogP contribution is 2.54. The SMILES string of the molecule is CCCCCC(Oc1ccc(C(CC)(CC)c2ccc3cc(C(=O)N(C)CC(=O)OCC)ccc3c2)cc1C)C1C(CO)CC1(C)C. The summed E-state index contributed by atoms with van der Waals surface area (Å²) in [6.07, 6.45) is 7.55. The van der Waals surface area contributed by atoms with Gasteiger partial charge in [0.25, 0.3) is 5.91 Å². The van der Waals surface area contributed by atoms with Gasteiger partial charge >= 0.3 is 5.97 Å². The topological polar surface area (TPSA) is 76.1 Å². The van der Waals surface area contributed by atoms with E-state index < -0.39 is 5.97 Å². The van der Waals surface area contributed by atoms with Crippen LogP contribution in [0.1, 0.15) is 114 Å². The number of likely N-dealkylation sites (N-methyl/N-ethyl adjacent to an activating group) is 1. The minimum Gasteiger partial charge on any atom is -0.490 e. The number of esters is 1. The van der Waals surface area contributed by atoms with E-state index in [-0.39, 0.29) is 42.6 Å². The summed E-state index contributed by atoms with van der Waals surface area (Å²) in [6, 6.07) is 19.0. The fraction of sp³-hybridized carbons (Fsp3) is 0.561. The van der Waals surface area contributed by atoms with Crippen LogP contribution in [0.25, 0.3) is 10.8 Å². The van der Waals surface area contributed by atoms with E-state index in [1.54, 1.807) is 14.0 Å². The van der Waals surface area contributed by atoms with Gasteiger partial charge in [0, 0.05) is 30.6 Å². The molecule has 4 rings (SSSR count). The Kier molecular flexibility index (Phi) is 12.2. The van der Waals surface area contributed by atoms with E-state index in [1.165, 1.54) is 28.9 Å². The molecule has 1 fully saturated rings. The number of hydrogen-bond acceptors (Lipinski definition) is 5. The normalized spacial score (nSPS) is 18.0. The third-order valence-corrected chi connectivity index (χ3v) is 10.8. The molecule has 0 bridgehead atoms. The molecule has 1 aliphatic rings. The zero-order chi connectivity index (χ0) is 34.4. The van der Waals surface area contributed by atoms with Crippen molar-refractivity contribution in [1.29, 1.82) is 0 Å². The second-order valence-corrected chi connectivity index (χ2v) is 14.3. The Morgan fingerprint density at radius 1 is 0.957 bits per heavy atom. The van der Waals surface area contributed by atoms with E-state index in [4.69, 9.17) is 9.47 Å². The first-order valence-corrected chi connectivity index (χ1v) is 17.8. The summed E-state index contributed by atoms with van der Waals surface area (Å²) in [5.41, 5.74) is 4.21. The molecule has 3 atom stereocenters. The summed E-state index contributed by atoms with van der Waals surface area (Å²) in [5, 5.41) is 12.2. The number of nitrogens with zero attached hydrogens (tertiary/aromatic N) is 1. The molecule has 6 heteroatoms. The minimum atomic E-state index is -0.413. The lowest BCUT2D eigenvalue weighted by Gasteiger charge is -2.54. The van der Waals surface area contributed by atoms with Crippen LogP contribution >= 0.6 is 0 Å². The Balaban J connectivity index is 1.60. The van der Waals surface area contributed by atoms with E-state index >= 15 is 0 Å². The van der Waals surface area contributed by atoms with Crippen molar-refractivity contribution >= 4 is 22.6 Å². The lowest BCUT2D eigenvalue weighted by atomic mass is 9.53. The van der Waals surface area contributed by atoms with Gasteiger partial charge in [-0.15, -0.1) is 0 Å². The zero-order valence-electron chi connectivity index (χ0n) is 30.0. The third-order valence-electron chi connectivity index (χ3n) is 10.8. The number of aliphatic hydroxyl groups excluding tert-OH is 1. The van der Waals surface area contributed by atoms with Gasteiger partial charge in [-0.3, -0.25) is 9.59 Å². The lowest BCUT2D eigenvalue weighted by Crippen LogP contribution is -2.53. The van der Waals surface area contributed by atoms with E-state index in [2.05, 4.69) is 77.9 Å². The molecule has 3 aromatic carbocycles. The summed E-state index contributed by atoms with van der Waals surface area (Å²) in [5.74, 6) is 0.971. The van der Waals surface area contributed by atoms with E-state index in [9.17, 15) is 14.7 Å². The molecule has 0 heterocycles. The van der Waals surface area contributed by atoms with Crippen LogP contribution in [0, 0.1) is 24.2 Å². The standard InChI is InChI=1S/C41H57NO5/c1-9-13-14-15-36(38-32(27-43)25-40(38,6)7)47-35-21-20-33(22-28(35)5)41(10-2,11-3)34-19-18-29-23-31(17-16-30(29)24-34)39(45)42(8)26-37(44)46-12-4/h16-24,32,36,38,43H,9-15,25-27H2,1-8H3. The van der Waals surface area contributed by atoms with Gasteiger partial charge in [0.1, 0.15) is 18.4 Å². The molecule has 6 nitrogen and oxygen atoms in total. The summed E-state index contributed by atoms with van der Waals surface area (Å²) in [4.78, 5) is 26.3. The maximum Gasteiger partial charge on any atom is 0.325 e. The number of benzene rings is 3. The Bertz CT molecular complexity index is 1520. The number of hydrogen-bond donors (Lipinski definition) is 1. The van der Waals surface area contributed by atoms with Gasteiger partial charge in [-0.2, -0.15) is 0 Å². The molecule has 0 aromatic heterocycles. The summed E-state index contributed by atoms with van der Waals surface area (Å²) >= 11 is 0. The molecule has 0 aliphatic heterocycles. The van der Waals surface area contributed by atoms with Crippen molar-refractivity contribution in [3.8, 4) is 5.75 Å². The number of aliphatic hydroxyl groups is 1. The van der Waals surface area contributed by atoms with Crippen molar-refractivity contribution in [3.63, 3.8) is 0 Å². The number of unbranched alkanes of at least 4 members (excludes halogenated alkanes) is 2. The molecule has 0 radical (unpaired) electrons. The molecule has 1 N–H and O–H groups in total. The van der Waals surface area contributed by atoms with Gasteiger partial charge in [-0.25, -0.2) is 0 Å². The van der Waals surface area contributed by atoms with Crippen LogP contribution < -0.4 is 4.74 Å². The maximum absolute atomic E-state index is 13.0. The van der Waals surface area contributed by atoms with Crippen LogP contribution in [0.15, 0.2) is 54.6 Å². The maximum atomic E-state index is 13.0. The summed E-state index contributed by atoms with van der Waals surface area (Å²) in [7, 11) is 1.62. The van der Waals surface area contributed by atoms with Crippen molar-refractivity contribution in [2.45, 2.75) is 105 Å². The van der Waals surface area contributed by atoms with Gasteiger partial charge < -0.3 is 19.5 Å². The van der Waals surface area contributed by atoms with Crippen LogP contribution in [0.4, 0.5) is 0 Å². The number of carbonyl (C=O) groups is 2. The van der Waals surface area contributed by atoms with Crippen molar-refractivity contribution < 1.29 is 24.2 Å². The number of fused-ring (bicyclic) bond motifs is 1. The van der Waals surface area contributed by atoms with E-state index in [1.807, 2.05) is 18.2 Å². The molecule has 3 unspecified atom stereocenters. The van der Waals surface area contributed by atoms with Crippen LogP contribution in [0.3, 0.4) is 0 Å². The average molecular weight is 644 g/mol. The second-order valence-electron chi connectivity index (χ2n) is 14.3. The quantitative estimate of drug-likeness (QED) is 0.125. The number of ether oxygens (including phenoxy) is 2. The van der Waals surface area contributed by atoms with Crippen molar-refractivity contribution in [1.82, 2.24) is 4.90 Å². The van der Waals surface area contributed by atoms with Crippen molar-refractivity contribution in [2.75, 3.05) is 26.8 Å². The first-order chi connectivity index (χ1) is 22.4. The van der Waals surface area contributed by atoms with E-state index in [0.29, 0.717) is 17.4 Å². The summed E-state index contributed by atoms with van der Waals surface area (Å²) in [6.45, 7) is 15.7. The number of amides is 1. The summed E-state index contributed by atoms with van der Waals surface area (Å²) < 4.78 is 11.9. The molecule has 1 amide bonds. The highest BCUT2D eigenvalue weighted by molar-refractivity contribution is 5.99. The average Bonchev–Trinajstić information content (AvgIpc) is 3.05. The Labute approximate surface area is 282 Å². The third kappa shape index (κ3) is 7.85. The molecule has 3 aromatic rings. The Morgan fingerprint density at radius 3 is 2.23 bits per heavy atom. The highest BCUT2D eigenvalue weighted by Gasteiger charge is 2.51. The van der Waals surface area contributed by atoms with Crippen molar-refractivity contribution in [2.24, 2.45) is 17.3 Å². The Hall–Kier alpha value is -3.38. The molecular weight excluding hydrogens is 586 g/mol. The van der Waals surface area contributed by atoms with Crippen LogP contribution in [0.5, 0.6) is 5.75 Å². The number of carbonyl (C=O) groups excluding carboxylic acids is 2.